The molecule has 0 aliphatic heterocycles. The van der Waals surface area contributed by atoms with Crippen molar-refractivity contribution in [2.24, 2.45) is 10.8 Å². The van der Waals surface area contributed by atoms with Crippen molar-refractivity contribution in [1.29, 1.82) is 10.7 Å². The lowest BCUT2D eigenvalue weighted by Gasteiger charge is -2.11. The molecule has 0 saturated heterocycles. The van der Waals surface area contributed by atoms with E-state index < -0.39 is 5.84 Å². The molecule has 2 rings (SSSR count). The smallest absolute Gasteiger partial charge is 0.201 e. The van der Waals surface area contributed by atoms with E-state index in [0.717, 1.165) is 5.56 Å². The van der Waals surface area contributed by atoms with Crippen LogP contribution in [-0.4, -0.2) is 28.2 Å². The molecule has 8 nitrogen and oxygen atoms in total. The molecule has 112 valence electrons. The quantitative estimate of drug-likeness (QED) is 0.419. The molecule has 2 aromatic rings. The molecule has 0 atom stereocenters. The number of imidazole rings is 1. The highest BCUT2D eigenvalue weighted by atomic mass is 16.5. The van der Waals surface area contributed by atoms with Gasteiger partial charge in [0.05, 0.1) is 19.1 Å². The molecule has 0 bridgehead atoms. The fourth-order valence-electron chi connectivity index (χ4n) is 1.79. The zero-order valence-corrected chi connectivity index (χ0v) is 11.9. The van der Waals surface area contributed by atoms with Gasteiger partial charge in [-0.05, 0) is 17.7 Å². The van der Waals surface area contributed by atoms with Crippen molar-refractivity contribution < 1.29 is 4.74 Å². The van der Waals surface area contributed by atoms with Gasteiger partial charge in [-0.1, -0.05) is 6.07 Å². The van der Waals surface area contributed by atoms with E-state index in [1.165, 1.54) is 7.11 Å². The summed E-state index contributed by atoms with van der Waals surface area (Å²) >= 11 is 0. The SMILES string of the molecule is COc1ccc(Cn2ccnc2)cc1N/N=C(\C#N)C(=N)N. The first-order valence-corrected chi connectivity index (χ1v) is 6.35. The second kappa shape index (κ2) is 6.90. The lowest BCUT2D eigenvalue weighted by molar-refractivity contribution is 0.416. The van der Waals surface area contributed by atoms with E-state index in [2.05, 4.69) is 15.5 Å². The van der Waals surface area contributed by atoms with Crippen molar-refractivity contribution in [3.8, 4) is 11.8 Å². The Morgan fingerprint density at radius 2 is 2.41 bits per heavy atom. The Morgan fingerprint density at radius 1 is 1.59 bits per heavy atom. The molecular formula is C14H15N7O. The van der Waals surface area contributed by atoms with Crippen molar-refractivity contribution in [3.05, 3.63) is 42.5 Å². The van der Waals surface area contributed by atoms with Crippen LogP contribution >= 0.6 is 0 Å². The molecule has 0 unspecified atom stereocenters. The van der Waals surface area contributed by atoms with Crippen molar-refractivity contribution in [2.75, 3.05) is 12.5 Å². The molecule has 0 amide bonds. The minimum atomic E-state index is -0.400. The van der Waals surface area contributed by atoms with Gasteiger partial charge in [0.1, 0.15) is 11.8 Å². The molecule has 1 aromatic carbocycles. The molecule has 1 aromatic heterocycles. The van der Waals surface area contributed by atoms with E-state index in [-0.39, 0.29) is 5.71 Å². The maximum absolute atomic E-state index is 8.84. The summed E-state index contributed by atoms with van der Waals surface area (Å²) in [5.74, 6) is 0.169. The highest BCUT2D eigenvalue weighted by molar-refractivity contribution is 6.45. The van der Waals surface area contributed by atoms with Crippen molar-refractivity contribution in [3.63, 3.8) is 0 Å². The van der Waals surface area contributed by atoms with Gasteiger partial charge in [0, 0.05) is 18.9 Å². The Labute approximate surface area is 127 Å². The summed E-state index contributed by atoms with van der Waals surface area (Å²) in [6, 6.07) is 7.31. The number of nitriles is 1. The van der Waals surface area contributed by atoms with Crippen molar-refractivity contribution in [1.82, 2.24) is 9.55 Å². The van der Waals surface area contributed by atoms with Gasteiger partial charge in [-0.3, -0.25) is 10.8 Å². The first kappa shape index (κ1) is 15.1. The number of rotatable bonds is 6. The number of anilines is 1. The summed E-state index contributed by atoms with van der Waals surface area (Å²) in [4.78, 5) is 3.99. The lowest BCUT2D eigenvalue weighted by Crippen LogP contribution is -2.21. The first-order valence-electron chi connectivity index (χ1n) is 6.35. The number of ether oxygens (including phenoxy) is 1. The molecular weight excluding hydrogens is 282 g/mol. The summed E-state index contributed by atoms with van der Waals surface area (Å²) in [6.07, 6.45) is 5.29. The van der Waals surface area contributed by atoms with Crippen LogP contribution in [0.3, 0.4) is 0 Å². The Morgan fingerprint density at radius 3 is 3.00 bits per heavy atom. The van der Waals surface area contributed by atoms with Gasteiger partial charge in [0.25, 0.3) is 0 Å². The number of nitrogens with zero attached hydrogens (tertiary/aromatic N) is 4. The van der Waals surface area contributed by atoms with Crippen LogP contribution in [0.2, 0.25) is 0 Å². The number of amidine groups is 1. The molecule has 1 heterocycles. The van der Waals surface area contributed by atoms with Gasteiger partial charge in [-0.2, -0.15) is 10.4 Å². The number of hydrogen-bond donors (Lipinski definition) is 3. The van der Waals surface area contributed by atoms with Crippen LogP contribution in [0, 0.1) is 16.7 Å². The fraction of sp³-hybridized carbons (Fsp3) is 0.143. The summed E-state index contributed by atoms with van der Waals surface area (Å²) in [6.45, 7) is 0.639. The number of nitrogens with two attached hydrogens (primary N) is 1. The Bertz CT molecular complexity index is 728. The van der Waals surface area contributed by atoms with Gasteiger partial charge in [0.15, 0.2) is 5.84 Å². The fourth-order valence-corrected chi connectivity index (χ4v) is 1.79. The minimum Gasteiger partial charge on any atom is -0.495 e. The summed E-state index contributed by atoms with van der Waals surface area (Å²) < 4.78 is 7.16. The molecule has 4 N–H and O–H groups in total. The van der Waals surface area contributed by atoms with Gasteiger partial charge < -0.3 is 15.0 Å². The van der Waals surface area contributed by atoms with Crippen LogP contribution in [0.5, 0.6) is 5.75 Å². The molecule has 0 radical (unpaired) electrons. The van der Waals surface area contributed by atoms with Crippen LogP contribution in [-0.2, 0) is 6.54 Å². The number of aromatic nitrogens is 2. The largest absolute Gasteiger partial charge is 0.495 e. The lowest BCUT2D eigenvalue weighted by atomic mass is 10.2. The average molecular weight is 297 g/mol. The van der Waals surface area contributed by atoms with Gasteiger partial charge in [0.2, 0.25) is 5.71 Å². The number of nitrogens with one attached hydrogen (secondary N) is 2. The van der Waals surface area contributed by atoms with E-state index in [1.807, 2.05) is 22.9 Å². The van der Waals surface area contributed by atoms with Crippen LogP contribution in [0.4, 0.5) is 5.69 Å². The van der Waals surface area contributed by atoms with E-state index >= 15 is 0 Å². The minimum absolute atomic E-state index is 0.193. The Balaban J connectivity index is 2.25. The highest BCUT2D eigenvalue weighted by Gasteiger charge is 2.06. The molecule has 0 spiro atoms. The topological polar surface area (TPSA) is 125 Å². The number of hydrogen-bond acceptors (Lipinski definition) is 6. The molecule has 0 aliphatic rings. The highest BCUT2D eigenvalue weighted by Crippen LogP contribution is 2.26. The molecule has 0 fully saturated rings. The van der Waals surface area contributed by atoms with Gasteiger partial charge in [-0.25, -0.2) is 4.98 Å². The predicted octanol–water partition coefficient (Wildman–Crippen LogP) is 1.17. The van der Waals surface area contributed by atoms with E-state index in [0.29, 0.717) is 18.0 Å². The number of methoxy groups -OCH3 is 1. The van der Waals surface area contributed by atoms with E-state index in [1.54, 1.807) is 24.7 Å². The number of hydrazone groups is 1. The van der Waals surface area contributed by atoms with Crippen molar-refractivity contribution >= 4 is 17.2 Å². The van der Waals surface area contributed by atoms with E-state index in [9.17, 15) is 0 Å². The van der Waals surface area contributed by atoms with E-state index in [4.69, 9.17) is 21.1 Å². The standard InChI is InChI=1S/C14H15N7O/c1-22-13-3-2-10(8-21-5-4-18-9-21)6-11(13)19-20-12(7-15)14(16)17/h2-6,9,19H,8H2,1H3,(H3,16,17)/b20-12+. The molecule has 8 heteroatoms. The third kappa shape index (κ3) is 3.61. The average Bonchev–Trinajstić information content (AvgIpc) is 3.01. The zero-order valence-electron chi connectivity index (χ0n) is 11.9. The molecule has 0 saturated carbocycles. The Hall–Kier alpha value is -3.34. The monoisotopic (exact) mass is 297 g/mol. The third-order valence-electron chi connectivity index (χ3n) is 2.84. The van der Waals surface area contributed by atoms with Gasteiger partial charge in [-0.15, -0.1) is 0 Å². The Kier molecular flexibility index (Phi) is 4.72. The molecule has 0 aliphatic carbocycles. The van der Waals surface area contributed by atoms with Crippen LogP contribution in [0.1, 0.15) is 5.56 Å². The maximum atomic E-state index is 8.84. The second-order valence-corrected chi connectivity index (χ2v) is 4.37. The summed E-state index contributed by atoms with van der Waals surface area (Å²) in [5, 5.41) is 19.9. The third-order valence-corrected chi connectivity index (χ3v) is 2.84. The van der Waals surface area contributed by atoms with Crippen LogP contribution in [0.15, 0.2) is 42.0 Å². The predicted molar refractivity (Wildman–Crippen MR) is 82.9 cm³/mol. The van der Waals surface area contributed by atoms with Gasteiger partial charge >= 0.3 is 0 Å². The maximum Gasteiger partial charge on any atom is 0.201 e. The van der Waals surface area contributed by atoms with Crippen molar-refractivity contribution in [2.45, 2.75) is 6.54 Å². The summed E-state index contributed by atoms with van der Waals surface area (Å²) in [7, 11) is 1.54. The van der Waals surface area contributed by atoms with Crippen LogP contribution < -0.4 is 15.9 Å². The molecule has 22 heavy (non-hydrogen) atoms. The second-order valence-electron chi connectivity index (χ2n) is 4.37. The normalized spacial score (nSPS) is 10.8. The number of benzene rings is 1. The first-order chi connectivity index (χ1) is 10.6. The summed E-state index contributed by atoms with van der Waals surface area (Å²) in [5.41, 5.74) is 9.35. The van der Waals surface area contributed by atoms with Crippen LogP contribution in [0.25, 0.3) is 0 Å². The zero-order chi connectivity index (χ0) is 15.9.